The Bertz CT molecular complexity index is 309. The van der Waals surface area contributed by atoms with E-state index in [2.05, 4.69) is 33.9 Å². The van der Waals surface area contributed by atoms with Crippen LogP contribution in [0, 0.1) is 0 Å². The van der Waals surface area contributed by atoms with Gasteiger partial charge in [0.25, 0.3) is 0 Å². The topological polar surface area (TPSA) is 47.9 Å². The predicted molar refractivity (Wildman–Crippen MR) is 78.6 cm³/mol. The molecule has 1 saturated heterocycles. The van der Waals surface area contributed by atoms with Gasteiger partial charge in [-0.25, -0.2) is 0 Å². The first-order valence-electron chi connectivity index (χ1n) is 6.90. The zero-order valence-electron chi connectivity index (χ0n) is 13.0. The number of aliphatic hydroxyl groups is 1. The summed E-state index contributed by atoms with van der Waals surface area (Å²) in [6, 6.07) is 0. The lowest BCUT2D eigenvalue weighted by Gasteiger charge is -2.43. The Labute approximate surface area is 117 Å². The summed E-state index contributed by atoms with van der Waals surface area (Å²) in [5.41, 5.74) is 0. The quantitative estimate of drug-likeness (QED) is 0.638. The highest BCUT2D eigenvalue weighted by atomic mass is 28.4. The lowest BCUT2D eigenvalue weighted by Crippen LogP contribution is -2.52. The smallest absolute Gasteiger partial charge is 0.192 e. The van der Waals surface area contributed by atoms with Crippen LogP contribution in [0.25, 0.3) is 0 Å². The van der Waals surface area contributed by atoms with Gasteiger partial charge < -0.3 is 19.0 Å². The Kier molecular flexibility index (Phi) is 5.76. The molecule has 0 bridgehead atoms. The minimum atomic E-state index is -1.85. The normalized spacial score (nSPS) is 29.9. The summed E-state index contributed by atoms with van der Waals surface area (Å²) >= 11 is 0. The highest BCUT2D eigenvalue weighted by Crippen LogP contribution is 2.38. The molecular weight excluding hydrogens is 260 g/mol. The number of rotatable bonds is 4. The summed E-state index contributed by atoms with van der Waals surface area (Å²) in [7, 11) is -1.85. The molecule has 0 aliphatic carbocycles. The fourth-order valence-electron chi connectivity index (χ4n) is 1.69. The van der Waals surface area contributed by atoms with Crippen molar-refractivity contribution in [3.63, 3.8) is 0 Å². The maximum Gasteiger partial charge on any atom is 0.192 e. The molecule has 19 heavy (non-hydrogen) atoms. The summed E-state index contributed by atoms with van der Waals surface area (Å²) in [5.74, 6) is 0. The number of aliphatic hydroxyl groups excluding tert-OH is 1. The first kappa shape index (κ1) is 16.9. The van der Waals surface area contributed by atoms with Crippen molar-refractivity contribution in [2.24, 2.45) is 0 Å². The average molecular weight is 288 g/mol. The second-order valence-electron chi connectivity index (χ2n) is 6.53. The molecule has 4 nitrogen and oxygen atoms in total. The molecule has 1 heterocycles. The lowest BCUT2D eigenvalue weighted by atomic mass is 10.2. The predicted octanol–water partition coefficient (Wildman–Crippen LogP) is 2.69. The SMILES string of the molecule is C[C@@H]1OC[C@@H](O[Si](C)(C)C(C)(C)C)[C@H](/C=C\CO)O1. The highest BCUT2D eigenvalue weighted by molar-refractivity contribution is 6.74. The molecule has 0 aromatic rings. The molecule has 0 radical (unpaired) electrons. The Morgan fingerprint density at radius 1 is 1.37 bits per heavy atom. The van der Waals surface area contributed by atoms with Crippen molar-refractivity contribution in [2.75, 3.05) is 13.2 Å². The molecule has 0 spiro atoms. The van der Waals surface area contributed by atoms with Crippen LogP contribution in [-0.4, -0.2) is 45.1 Å². The van der Waals surface area contributed by atoms with E-state index in [1.165, 1.54) is 0 Å². The molecule has 0 saturated carbocycles. The number of hydrogen-bond acceptors (Lipinski definition) is 4. The van der Waals surface area contributed by atoms with E-state index in [4.69, 9.17) is 19.0 Å². The molecule has 0 aromatic carbocycles. The molecule has 1 fully saturated rings. The van der Waals surface area contributed by atoms with Crippen molar-refractivity contribution in [3.05, 3.63) is 12.2 Å². The molecule has 1 aliphatic heterocycles. The second kappa shape index (κ2) is 6.50. The molecule has 0 aromatic heterocycles. The van der Waals surface area contributed by atoms with Gasteiger partial charge in [0.05, 0.1) is 19.3 Å². The third-order valence-electron chi connectivity index (χ3n) is 3.89. The molecule has 1 rings (SSSR count). The van der Waals surface area contributed by atoms with Crippen LogP contribution < -0.4 is 0 Å². The molecule has 1 N–H and O–H groups in total. The molecular formula is C14H28O4Si. The lowest BCUT2D eigenvalue weighted by molar-refractivity contribution is -0.227. The van der Waals surface area contributed by atoms with Gasteiger partial charge in [0, 0.05) is 0 Å². The third-order valence-corrected chi connectivity index (χ3v) is 8.40. The van der Waals surface area contributed by atoms with Gasteiger partial charge in [-0.05, 0) is 25.1 Å². The molecule has 112 valence electrons. The van der Waals surface area contributed by atoms with Crippen molar-refractivity contribution >= 4 is 8.32 Å². The standard InChI is InChI=1S/C14H28O4Si/c1-11-16-10-13(12(17-11)8-7-9-15)18-19(5,6)14(2,3)4/h7-8,11-13,15H,9-10H2,1-6H3/b8-7-/t11-,12+,13-/m1/s1. The minimum absolute atomic E-state index is 0.0158. The molecule has 3 atom stereocenters. The Hall–Kier alpha value is -0.203. The van der Waals surface area contributed by atoms with Crippen LogP contribution in [0.15, 0.2) is 12.2 Å². The minimum Gasteiger partial charge on any atom is -0.409 e. The molecule has 0 unspecified atom stereocenters. The molecule has 5 heteroatoms. The Morgan fingerprint density at radius 2 is 2.00 bits per heavy atom. The second-order valence-corrected chi connectivity index (χ2v) is 11.3. The maximum atomic E-state index is 8.91. The van der Waals surface area contributed by atoms with E-state index in [0.29, 0.717) is 6.61 Å². The Morgan fingerprint density at radius 3 is 2.53 bits per heavy atom. The zero-order valence-corrected chi connectivity index (χ0v) is 14.0. The number of hydrogen-bond donors (Lipinski definition) is 1. The highest BCUT2D eigenvalue weighted by Gasteiger charge is 2.42. The average Bonchev–Trinajstić information content (AvgIpc) is 2.27. The van der Waals surface area contributed by atoms with Crippen LogP contribution in [-0.2, 0) is 13.9 Å². The summed E-state index contributed by atoms with van der Waals surface area (Å²) in [6.07, 6.45) is 3.10. The van der Waals surface area contributed by atoms with Crippen molar-refractivity contribution in [1.82, 2.24) is 0 Å². The van der Waals surface area contributed by atoms with Gasteiger partial charge in [-0.3, -0.25) is 0 Å². The van der Waals surface area contributed by atoms with E-state index in [1.54, 1.807) is 6.08 Å². The summed E-state index contributed by atoms with van der Waals surface area (Å²) in [4.78, 5) is 0. The van der Waals surface area contributed by atoms with Gasteiger partial charge in [-0.2, -0.15) is 0 Å². The van der Waals surface area contributed by atoms with Crippen LogP contribution in [0.4, 0.5) is 0 Å². The van der Waals surface area contributed by atoms with Gasteiger partial charge >= 0.3 is 0 Å². The fraction of sp³-hybridized carbons (Fsp3) is 0.857. The van der Waals surface area contributed by atoms with Gasteiger partial charge in [0.2, 0.25) is 0 Å². The first-order chi connectivity index (χ1) is 8.67. The fourth-order valence-corrected chi connectivity index (χ4v) is 3.01. The van der Waals surface area contributed by atoms with E-state index in [9.17, 15) is 0 Å². The van der Waals surface area contributed by atoms with Crippen molar-refractivity contribution in [1.29, 1.82) is 0 Å². The van der Waals surface area contributed by atoms with Gasteiger partial charge in [0.1, 0.15) is 6.10 Å². The molecule has 1 aliphatic rings. The molecule has 0 amide bonds. The Balaban J connectivity index is 2.76. The summed E-state index contributed by atoms with van der Waals surface area (Å²) < 4.78 is 17.6. The monoisotopic (exact) mass is 288 g/mol. The van der Waals surface area contributed by atoms with Crippen LogP contribution in [0.1, 0.15) is 27.7 Å². The zero-order chi connectivity index (χ0) is 14.7. The summed E-state index contributed by atoms with van der Waals surface area (Å²) in [5, 5.41) is 9.06. The van der Waals surface area contributed by atoms with Crippen LogP contribution in [0.3, 0.4) is 0 Å². The largest absolute Gasteiger partial charge is 0.409 e. The van der Waals surface area contributed by atoms with E-state index in [-0.39, 0.29) is 30.1 Å². The van der Waals surface area contributed by atoms with E-state index < -0.39 is 8.32 Å². The first-order valence-corrected chi connectivity index (χ1v) is 9.80. The van der Waals surface area contributed by atoms with Crippen LogP contribution >= 0.6 is 0 Å². The maximum absolute atomic E-state index is 8.91. The van der Waals surface area contributed by atoms with E-state index in [1.807, 2.05) is 13.0 Å². The van der Waals surface area contributed by atoms with Crippen molar-refractivity contribution in [2.45, 2.75) is 64.3 Å². The summed E-state index contributed by atoms with van der Waals surface area (Å²) in [6.45, 7) is 13.5. The van der Waals surface area contributed by atoms with E-state index in [0.717, 1.165) is 0 Å². The van der Waals surface area contributed by atoms with Crippen LogP contribution in [0.2, 0.25) is 18.1 Å². The van der Waals surface area contributed by atoms with Crippen molar-refractivity contribution < 1.29 is 19.0 Å². The van der Waals surface area contributed by atoms with Gasteiger partial charge in [-0.1, -0.05) is 32.9 Å². The van der Waals surface area contributed by atoms with Crippen molar-refractivity contribution in [3.8, 4) is 0 Å². The number of ether oxygens (including phenoxy) is 2. The third kappa shape index (κ3) is 4.68. The van der Waals surface area contributed by atoms with Gasteiger partial charge in [-0.15, -0.1) is 0 Å². The van der Waals surface area contributed by atoms with E-state index >= 15 is 0 Å². The van der Waals surface area contributed by atoms with Gasteiger partial charge in [0.15, 0.2) is 14.6 Å². The van der Waals surface area contributed by atoms with Crippen LogP contribution in [0.5, 0.6) is 0 Å².